The second kappa shape index (κ2) is 6.53. The molecule has 1 amide bonds. The van der Waals surface area contributed by atoms with E-state index in [1.807, 2.05) is 6.92 Å². The van der Waals surface area contributed by atoms with Crippen molar-refractivity contribution in [3.05, 3.63) is 29.7 Å². The van der Waals surface area contributed by atoms with Gasteiger partial charge in [0.2, 0.25) is 15.9 Å². The number of nitrogens with zero attached hydrogens (tertiary/aromatic N) is 1. The van der Waals surface area contributed by atoms with Gasteiger partial charge in [-0.1, -0.05) is 0 Å². The molecule has 106 valence electrons. The van der Waals surface area contributed by atoms with Gasteiger partial charge in [-0.25, -0.2) is 8.42 Å². The Morgan fingerprint density at radius 3 is 2.74 bits per heavy atom. The van der Waals surface area contributed by atoms with Gasteiger partial charge in [0.1, 0.15) is 11.5 Å². The maximum Gasteiger partial charge on any atom is 0.244 e. The first-order valence-electron chi connectivity index (χ1n) is 5.79. The van der Waals surface area contributed by atoms with Crippen LogP contribution >= 0.6 is 0 Å². The van der Waals surface area contributed by atoms with Crippen LogP contribution in [0.3, 0.4) is 0 Å². The first-order valence-corrected chi connectivity index (χ1v) is 7.63. The third kappa shape index (κ3) is 5.27. The van der Waals surface area contributed by atoms with Crippen LogP contribution in [0.15, 0.2) is 22.6 Å². The summed E-state index contributed by atoms with van der Waals surface area (Å²) in [5.74, 6) is 0.820. The Kier molecular flexibility index (Phi) is 5.31. The molecule has 0 unspecified atom stereocenters. The zero-order valence-electron chi connectivity index (χ0n) is 11.2. The van der Waals surface area contributed by atoms with E-state index in [1.54, 1.807) is 12.1 Å². The number of likely N-dealkylation sites (N-methyl/N-ethyl adjacent to an activating group) is 1. The second-order valence-corrected chi connectivity index (χ2v) is 6.14. The molecule has 0 aliphatic rings. The van der Waals surface area contributed by atoms with Gasteiger partial charge in [0.25, 0.3) is 0 Å². The van der Waals surface area contributed by atoms with E-state index >= 15 is 0 Å². The maximum absolute atomic E-state index is 11.2. The minimum absolute atomic E-state index is 0.161. The lowest BCUT2D eigenvalue weighted by molar-refractivity contribution is -0.116. The molecule has 1 rings (SSSR count). The number of rotatable bonds is 6. The van der Waals surface area contributed by atoms with Crippen molar-refractivity contribution in [3.8, 4) is 0 Å². The average Bonchev–Trinajstić information content (AvgIpc) is 2.73. The molecule has 0 aromatic carbocycles. The lowest BCUT2D eigenvalue weighted by atomic mass is 10.3. The summed E-state index contributed by atoms with van der Waals surface area (Å²) in [6, 6.07) is 3.36. The number of sulfonamides is 1. The summed E-state index contributed by atoms with van der Waals surface area (Å²) in [6.07, 6.45) is 4.03. The molecule has 0 bridgehead atoms. The molecule has 0 atom stereocenters. The van der Waals surface area contributed by atoms with E-state index in [1.165, 1.54) is 23.5 Å². The van der Waals surface area contributed by atoms with Gasteiger partial charge in [-0.05, 0) is 25.1 Å². The highest BCUT2D eigenvalue weighted by molar-refractivity contribution is 7.88. The van der Waals surface area contributed by atoms with Gasteiger partial charge >= 0.3 is 0 Å². The number of nitrogens with one attached hydrogen (secondary N) is 1. The first-order chi connectivity index (χ1) is 8.82. The largest absolute Gasteiger partial charge is 0.460 e. The molecule has 19 heavy (non-hydrogen) atoms. The molecule has 6 nitrogen and oxygen atoms in total. The van der Waals surface area contributed by atoms with Crippen LogP contribution < -0.4 is 5.32 Å². The number of amides is 1. The summed E-state index contributed by atoms with van der Waals surface area (Å²) < 4.78 is 29.1. The smallest absolute Gasteiger partial charge is 0.244 e. The van der Waals surface area contributed by atoms with Crippen LogP contribution in [-0.2, 0) is 21.4 Å². The number of carbonyl (C=O) groups excluding carboxylic acids is 1. The van der Waals surface area contributed by atoms with Crippen molar-refractivity contribution in [2.45, 2.75) is 13.5 Å². The molecule has 1 aromatic heterocycles. The van der Waals surface area contributed by atoms with Crippen LogP contribution in [-0.4, -0.2) is 38.5 Å². The van der Waals surface area contributed by atoms with E-state index in [0.29, 0.717) is 18.1 Å². The SMILES string of the molecule is CCNC(=O)/C=C/c1ccc(CN(C)S(C)(=O)=O)o1. The molecule has 1 aromatic rings. The predicted octanol–water partition coefficient (Wildman–Crippen LogP) is 0.820. The van der Waals surface area contributed by atoms with Crippen molar-refractivity contribution in [1.82, 2.24) is 9.62 Å². The Morgan fingerprint density at radius 2 is 2.16 bits per heavy atom. The number of furan rings is 1. The second-order valence-electron chi connectivity index (χ2n) is 4.05. The number of carbonyl (C=O) groups is 1. The van der Waals surface area contributed by atoms with E-state index in [4.69, 9.17) is 4.42 Å². The van der Waals surface area contributed by atoms with E-state index < -0.39 is 10.0 Å². The standard InChI is InChI=1S/C12H18N2O4S/c1-4-13-12(15)8-7-10-5-6-11(18-10)9-14(2)19(3,16)17/h5-8H,4,9H2,1-3H3,(H,13,15)/b8-7+. The van der Waals surface area contributed by atoms with E-state index in [2.05, 4.69) is 5.32 Å². The molecule has 1 N–H and O–H groups in total. The van der Waals surface area contributed by atoms with Crippen LogP contribution in [0.1, 0.15) is 18.4 Å². The molecule has 0 spiro atoms. The minimum atomic E-state index is -3.23. The highest BCUT2D eigenvalue weighted by Gasteiger charge is 2.13. The fraction of sp³-hybridized carbons (Fsp3) is 0.417. The Bertz CT molecular complexity index is 560. The van der Waals surface area contributed by atoms with Crippen molar-refractivity contribution < 1.29 is 17.6 Å². The van der Waals surface area contributed by atoms with Crippen molar-refractivity contribution >= 4 is 22.0 Å². The topological polar surface area (TPSA) is 79.6 Å². The summed E-state index contributed by atoms with van der Waals surface area (Å²) in [5.41, 5.74) is 0. The molecule has 7 heteroatoms. The normalized spacial score (nSPS) is 12.2. The molecule has 0 radical (unpaired) electrons. The quantitative estimate of drug-likeness (QED) is 0.785. The fourth-order valence-electron chi connectivity index (χ4n) is 1.30. The van der Waals surface area contributed by atoms with Crippen LogP contribution in [0.5, 0.6) is 0 Å². The Labute approximate surface area is 113 Å². The third-order valence-corrected chi connectivity index (χ3v) is 3.64. The molecular weight excluding hydrogens is 268 g/mol. The van der Waals surface area contributed by atoms with Crippen molar-refractivity contribution in [1.29, 1.82) is 0 Å². The van der Waals surface area contributed by atoms with Crippen LogP contribution in [0.25, 0.3) is 6.08 Å². The molecule has 1 heterocycles. The average molecular weight is 286 g/mol. The van der Waals surface area contributed by atoms with Crippen LogP contribution in [0, 0.1) is 0 Å². The van der Waals surface area contributed by atoms with Crippen LogP contribution in [0.2, 0.25) is 0 Å². The van der Waals surface area contributed by atoms with Gasteiger partial charge in [-0.15, -0.1) is 0 Å². The van der Waals surface area contributed by atoms with Gasteiger partial charge in [-0.3, -0.25) is 4.79 Å². The van der Waals surface area contributed by atoms with Crippen molar-refractivity contribution in [2.75, 3.05) is 19.8 Å². The zero-order chi connectivity index (χ0) is 14.5. The predicted molar refractivity (Wildman–Crippen MR) is 72.7 cm³/mol. The Balaban J connectivity index is 2.65. The summed E-state index contributed by atoms with van der Waals surface area (Å²) in [7, 11) is -1.76. The zero-order valence-corrected chi connectivity index (χ0v) is 12.0. The van der Waals surface area contributed by atoms with Gasteiger partial charge in [-0.2, -0.15) is 4.31 Å². The monoisotopic (exact) mass is 286 g/mol. The van der Waals surface area contributed by atoms with Crippen molar-refractivity contribution in [3.63, 3.8) is 0 Å². The van der Waals surface area contributed by atoms with Gasteiger partial charge in [0, 0.05) is 19.7 Å². The van der Waals surface area contributed by atoms with Gasteiger partial charge < -0.3 is 9.73 Å². The molecule has 0 saturated carbocycles. The Hall–Kier alpha value is -1.60. The highest BCUT2D eigenvalue weighted by Crippen LogP contribution is 2.12. The summed E-state index contributed by atoms with van der Waals surface area (Å²) in [6.45, 7) is 2.55. The minimum Gasteiger partial charge on any atom is -0.460 e. The molecule has 0 fully saturated rings. The lowest BCUT2D eigenvalue weighted by Crippen LogP contribution is -2.24. The molecule has 0 saturated heterocycles. The third-order valence-electron chi connectivity index (χ3n) is 2.38. The van der Waals surface area contributed by atoms with Gasteiger partial charge in [0.05, 0.1) is 12.8 Å². The van der Waals surface area contributed by atoms with E-state index in [0.717, 1.165) is 6.26 Å². The highest BCUT2D eigenvalue weighted by atomic mass is 32.2. The van der Waals surface area contributed by atoms with E-state index in [9.17, 15) is 13.2 Å². The van der Waals surface area contributed by atoms with Crippen LogP contribution in [0.4, 0.5) is 0 Å². The Morgan fingerprint density at radius 1 is 1.47 bits per heavy atom. The van der Waals surface area contributed by atoms with E-state index in [-0.39, 0.29) is 12.5 Å². The lowest BCUT2D eigenvalue weighted by Gasteiger charge is -2.11. The maximum atomic E-state index is 11.2. The summed E-state index contributed by atoms with van der Waals surface area (Å²) in [5, 5.41) is 2.62. The molecule has 0 aliphatic carbocycles. The summed E-state index contributed by atoms with van der Waals surface area (Å²) in [4.78, 5) is 11.2. The molecule has 0 aliphatic heterocycles. The summed E-state index contributed by atoms with van der Waals surface area (Å²) >= 11 is 0. The fourth-order valence-corrected chi connectivity index (χ4v) is 1.66. The number of hydrogen-bond acceptors (Lipinski definition) is 4. The molecular formula is C12H18N2O4S. The number of hydrogen-bond donors (Lipinski definition) is 1. The first kappa shape index (κ1) is 15.5. The van der Waals surface area contributed by atoms with Crippen molar-refractivity contribution in [2.24, 2.45) is 0 Å². The van der Waals surface area contributed by atoms with Gasteiger partial charge in [0.15, 0.2) is 0 Å².